The highest BCUT2D eigenvalue weighted by Gasteiger charge is 2.02. The SMILES string of the molecule is CCN(CC)CCN(C)CCN(C)C. The summed E-state index contributed by atoms with van der Waals surface area (Å²) < 4.78 is 0. The molecule has 0 aromatic carbocycles. The van der Waals surface area contributed by atoms with Crippen LogP contribution in [0.15, 0.2) is 0 Å². The predicted molar refractivity (Wildman–Crippen MR) is 63.8 cm³/mol. The van der Waals surface area contributed by atoms with Gasteiger partial charge >= 0.3 is 0 Å². The van der Waals surface area contributed by atoms with E-state index in [0.29, 0.717) is 0 Å². The fourth-order valence-corrected chi connectivity index (χ4v) is 1.33. The summed E-state index contributed by atoms with van der Waals surface area (Å²) in [5.74, 6) is 0. The van der Waals surface area contributed by atoms with Crippen molar-refractivity contribution in [1.82, 2.24) is 14.7 Å². The Morgan fingerprint density at radius 3 is 1.64 bits per heavy atom. The second kappa shape index (κ2) is 8.21. The maximum absolute atomic E-state index is 2.46. The maximum Gasteiger partial charge on any atom is 0.0109 e. The summed E-state index contributed by atoms with van der Waals surface area (Å²) in [6.45, 7) is 11.5. The average molecular weight is 201 g/mol. The third-order valence-electron chi connectivity index (χ3n) is 2.62. The van der Waals surface area contributed by atoms with Crippen LogP contribution in [-0.2, 0) is 0 Å². The van der Waals surface area contributed by atoms with Gasteiger partial charge in [-0.15, -0.1) is 0 Å². The maximum atomic E-state index is 2.46. The molecule has 0 spiro atoms. The lowest BCUT2D eigenvalue weighted by Gasteiger charge is -2.23. The van der Waals surface area contributed by atoms with E-state index in [0.717, 1.165) is 26.2 Å². The zero-order valence-electron chi connectivity index (χ0n) is 10.6. The Morgan fingerprint density at radius 2 is 1.21 bits per heavy atom. The molecule has 0 saturated carbocycles. The van der Waals surface area contributed by atoms with Crippen LogP contribution in [0.1, 0.15) is 13.8 Å². The molecule has 0 radical (unpaired) electrons. The molecule has 0 aliphatic heterocycles. The summed E-state index contributed by atoms with van der Waals surface area (Å²) in [7, 11) is 6.45. The monoisotopic (exact) mass is 201 g/mol. The zero-order valence-corrected chi connectivity index (χ0v) is 10.6. The van der Waals surface area contributed by atoms with Crippen molar-refractivity contribution in [3.8, 4) is 0 Å². The van der Waals surface area contributed by atoms with Gasteiger partial charge in [-0.05, 0) is 34.2 Å². The van der Waals surface area contributed by atoms with E-state index in [2.05, 4.69) is 49.7 Å². The number of rotatable bonds is 8. The Morgan fingerprint density at radius 1 is 0.714 bits per heavy atom. The molecule has 0 atom stereocenters. The second-order valence-electron chi connectivity index (χ2n) is 4.13. The molecule has 0 amide bonds. The molecule has 0 aliphatic carbocycles. The smallest absolute Gasteiger partial charge is 0.0109 e. The normalized spacial score (nSPS) is 12.0. The molecule has 0 N–H and O–H groups in total. The largest absolute Gasteiger partial charge is 0.308 e. The highest BCUT2D eigenvalue weighted by molar-refractivity contribution is 4.58. The molecular weight excluding hydrogens is 174 g/mol. The van der Waals surface area contributed by atoms with Gasteiger partial charge < -0.3 is 14.7 Å². The summed E-state index contributed by atoms with van der Waals surface area (Å²) in [4.78, 5) is 7.10. The number of likely N-dealkylation sites (N-methyl/N-ethyl adjacent to an activating group) is 3. The van der Waals surface area contributed by atoms with Gasteiger partial charge in [0.25, 0.3) is 0 Å². The van der Waals surface area contributed by atoms with E-state index in [1.165, 1.54) is 13.1 Å². The van der Waals surface area contributed by atoms with E-state index in [1.54, 1.807) is 0 Å². The van der Waals surface area contributed by atoms with Crippen LogP contribution in [0.3, 0.4) is 0 Å². The molecule has 0 bridgehead atoms. The lowest BCUT2D eigenvalue weighted by Crippen LogP contribution is -2.36. The van der Waals surface area contributed by atoms with Crippen LogP contribution in [-0.4, -0.2) is 75.1 Å². The Labute approximate surface area is 89.7 Å². The highest BCUT2D eigenvalue weighted by atomic mass is 15.2. The van der Waals surface area contributed by atoms with Gasteiger partial charge in [-0.2, -0.15) is 0 Å². The van der Waals surface area contributed by atoms with Gasteiger partial charge in [-0.25, -0.2) is 0 Å². The molecule has 0 saturated heterocycles. The van der Waals surface area contributed by atoms with Crippen molar-refractivity contribution in [3.63, 3.8) is 0 Å². The second-order valence-corrected chi connectivity index (χ2v) is 4.13. The van der Waals surface area contributed by atoms with Gasteiger partial charge in [0.05, 0.1) is 0 Å². The molecule has 86 valence electrons. The number of nitrogens with zero attached hydrogens (tertiary/aromatic N) is 3. The molecule has 0 aromatic heterocycles. The standard InChI is InChI=1S/C11H27N3/c1-6-14(7-2)11-10-13(5)9-8-12(3)4/h6-11H2,1-5H3. The van der Waals surface area contributed by atoms with Crippen molar-refractivity contribution in [2.75, 3.05) is 60.4 Å². The van der Waals surface area contributed by atoms with Crippen molar-refractivity contribution >= 4 is 0 Å². The van der Waals surface area contributed by atoms with E-state index in [4.69, 9.17) is 0 Å². The first kappa shape index (κ1) is 13.9. The van der Waals surface area contributed by atoms with Gasteiger partial charge in [0.1, 0.15) is 0 Å². The lowest BCUT2D eigenvalue weighted by molar-refractivity contribution is 0.226. The van der Waals surface area contributed by atoms with Crippen LogP contribution < -0.4 is 0 Å². The molecule has 3 heteroatoms. The molecular formula is C11H27N3. The average Bonchev–Trinajstić information content (AvgIpc) is 2.16. The minimum Gasteiger partial charge on any atom is -0.308 e. The van der Waals surface area contributed by atoms with Crippen LogP contribution >= 0.6 is 0 Å². The molecule has 0 aromatic rings. The van der Waals surface area contributed by atoms with E-state index < -0.39 is 0 Å². The third kappa shape index (κ3) is 7.30. The molecule has 0 fully saturated rings. The Balaban J connectivity index is 3.46. The van der Waals surface area contributed by atoms with Crippen LogP contribution in [0, 0.1) is 0 Å². The fraction of sp³-hybridized carbons (Fsp3) is 1.00. The van der Waals surface area contributed by atoms with Crippen LogP contribution in [0.4, 0.5) is 0 Å². The van der Waals surface area contributed by atoms with E-state index in [9.17, 15) is 0 Å². The van der Waals surface area contributed by atoms with Crippen molar-refractivity contribution in [3.05, 3.63) is 0 Å². The van der Waals surface area contributed by atoms with Gasteiger partial charge in [0.2, 0.25) is 0 Å². The minimum atomic E-state index is 1.15. The number of hydrogen-bond donors (Lipinski definition) is 0. The quantitative estimate of drug-likeness (QED) is 0.576. The predicted octanol–water partition coefficient (Wildman–Crippen LogP) is 0.822. The van der Waals surface area contributed by atoms with Crippen molar-refractivity contribution < 1.29 is 0 Å². The summed E-state index contributed by atoms with van der Waals surface area (Å²) in [6.07, 6.45) is 0. The van der Waals surface area contributed by atoms with Crippen LogP contribution in [0.2, 0.25) is 0 Å². The summed E-state index contributed by atoms with van der Waals surface area (Å²) in [5, 5.41) is 0. The molecule has 3 nitrogen and oxygen atoms in total. The van der Waals surface area contributed by atoms with Gasteiger partial charge in [-0.1, -0.05) is 13.8 Å². The molecule has 0 unspecified atom stereocenters. The Kier molecular flexibility index (Phi) is 8.14. The number of hydrogen-bond acceptors (Lipinski definition) is 3. The van der Waals surface area contributed by atoms with E-state index >= 15 is 0 Å². The third-order valence-corrected chi connectivity index (χ3v) is 2.62. The van der Waals surface area contributed by atoms with E-state index in [-0.39, 0.29) is 0 Å². The van der Waals surface area contributed by atoms with Gasteiger partial charge in [0.15, 0.2) is 0 Å². The first-order valence-electron chi connectivity index (χ1n) is 5.65. The summed E-state index contributed by atoms with van der Waals surface area (Å²) in [5.41, 5.74) is 0. The van der Waals surface area contributed by atoms with Crippen molar-refractivity contribution in [2.45, 2.75) is 13.8 Å². The minimum absolute atomic E-state index is 1.15. The molecule has 0 heterocycles. The van der Waals surface area contributed by atoms with Crippen LogP contribution in [0.5, 0.6) is 0 Å². The molecule has 0 rings (SSSR count). The zero-order chi connectivity index (χ0) is 11.0. The Bertz CT molecular complexity index is 122. The Hall–Kier alpha value is -0.120. The van der Waals surface area contributed by atoms with E-state index in [1.807, 2.05) is 0 Å². The molecule has 14 heavy (non-hydrogen) atoms. The van der Waals surface area contributed by atoms with Gasteiger partial charge in [0, 0.05) is 26.2 Å². The molecule has 0 aliphatic rings. The first-order valence-corrected chi connectivity index (χ1v) is 5.65. The summed E-state index contributed by atoms with van der Waals surface area (Å²) in [6, 6.07) is 0. The topological polar surface area (TPSA) is 9.72 Å². The lowest BCUT2D eigenvalue weighted by atomic mass is 10.4. The highest BCUT2D eigenvalue weighted by Crippen LogP contribution is 1.89. The first-order chi connectivity index (χ1) is 6.60. The summed E-state index contributed by atoms with van der Waals surface area (Å²) >= 11 is 0. The van der Waals surface area contributed by atoms with Gasteiger partial charge in [-0.3, -0.25) is 0 Å². The van der Waals surface area contributed by atoms with Crippen LogP contribution in [0.25, 0.3) is 0 Å². The van der Waals surface area contributed by atoms with Crippen molar-refractivity contribution in [2.24, 2.45) is 0 Å². The van der Waals surface area contributed by atoms with Crippen molar-refractivity contribution in [1.29, 1.82) is 0 Å². The fourth-order valence-electron chi connectivity index (χ4n) is 1.33.